The van der Waals surface area contributed by atoms with Crippen molar-refractivity contribution >= 4 is 32.9 Å². The van der Waals surface area contributed by atoms with Crippen molar-refractivity contribution in [1.82, 2.24) is 4.90 Å². The molecule has 116 valence electrons. The van der Waals surface area contributed by atoms with E-state index in [1.807, 2.05) is 16.3 Å². The van der Waals surface area contributed by atoms with Crippen molar-refractivity contribution in [1.29, 1.82) is 0 Å². The van der Waals surface area contributed by atoms with Crippen molar-refractivity contribution < 1.29 is 13.5 Å². The molecule has 1 saturated heterocycles. The summed E-state index contributed by atoms with van der Waals surface area (Å²) in [6, 6.07) is 1.92. The number of nitrogens with zero attached hydrogens (tertiary/aromatic N) is 1. The highest BCUT2D eigenvalue weighted by Gasteiger charge is 2.33. The van der Waals surface area contributed by atoms with Crippen molar-refractivity contribution in [2.75, 3.05) is 30.4 Å². The van der Waals surface area contributed by atoms with Crippen LogP contribution in [-0.4, -0.2) is 54.2 Å². The topological polar surface area (TPSA) is 57.6 Å². The van der Waals surface area contributed by atoms with Crippen LogP contribution in [0.4, 0.5) is 0 Å². The molecule has 0 aromatic carbocycles. The van der Waals surface area contributed by atoms with Crippen LogP contribution in [0.3, 0.4) is 0 Å². The molecule has 0 saturated carbocycles. The predicted molar refractivity (Wildman–Crippen MR) is 89.3 cm³/mol. The van der Waals surface area contributed by atoms with Gasteiger partial charge in [0.15, 0.2) is 9.84 Å². The van der Waals surface area contributed by atoms with E-state index in [1.165, 1.54) is 0 Å². The Hall–Kier alpha value is -0.520. The van der Waals surface area contributed by atoms with Gasteiger partial charge in [-0.2, -0.15) is 11.8 Å². The molecule has 0 bridgehead atoms. The van der Waals surface area contributed by atoms with E-state index in [1.54, 1.807) is 30.0 Å². The highest BCUT2D eigenvalue weighted by Crippen LogP contribution is 2.26. The summed E-state index contributed by atoms with van der Waals surface area (Å²) in [6.07, 6.45) is 0. The largest absolute Gasteiger partial charge is 0.384 e. The zero-order valence-corrected chi connectivity index (χ0v) is 14.4. The molecule has 0 amide bonds. The van der Waals surface area contributed by atoms with Gasteiger partial charge in [-0.05, 0) is 11.4 Å². The Bertz CT molecular complexity index is 627. The van der Waals surface area contributed by atoms with Crippen LogP contribution < -0.4 is 0 Å². The van der Waals surface area contributed by atoms with Gasteiger partial charge in [0.25, 0.3) is 0 Å². The first-order chi connectivity index (χ1) is 10.1. The Morgan fingerprint density at radius 1 is 1.52 bits per heavy atom. The summed E-state index contributed by atoms with van der Waals surface area (Å²) in [4.78, 5) is 3.12. The predicted octanol–water partition coefficient (Wildman–Crippen LogP) is 1.40. The quantitative estimate of drug-likeness (QED) is 0.836. The van der Waals surface area contributed by atoms with Crippen molar-refractivity contribution in [3.8, 4) is 11.8 Å². The lowest BCUT2D eigenvalue weighted by molar-refractivity contribution is 0.264. The Labute approximate surface area is 134 Å². The molecule has 1 aliphatic rings. The molecule has 1 atom stereocenters. The Kier molecular flexibility index (Phi) is 6.14. The molecule has 1 aromatic heterocycles. The summed E-state index contributed by atoms with van der Waals surface area (Å²) in [5.74, 6) is 7.35. The second kappa shape index (κ2) is 7.65. The fraction of sp³-hybridized carbons (Fsp3) is 0.571. The van der Waals surface area contributed by atoms with Gasteiger partial charge in [0.1, 0.15) is 12.0 Å². The van der Waals surface area contributed by atoms with Gasteiger partial charge < -0.3 is 5.11 Å². The average Bonchev–Trinajstić information content (AvgIpc) is 2.92. The van der Waals surface area contributed by atoms with E-state index in [9.17, 15) is 8.42 Å². The van der Waals surface area contributed by atoms with Crippen molar-refractivity contribution in [3.05, 3.63) is 21.9 Å². The minimum Gasteiger partial charge on any atom is -0.384 e. The maximum absolute atomic E-state index is 12.2. The lowest BCUT2D eigenvalue weighted by Crippen LogP contribution is -2.47. The molecule has 2 heterocycles. The fourth-order valence-electron chi connectivity index (χ4n) is 2.21. The monoisotopic (exact) mass is 345 g/mol. The molecule has 1 unspecified atom stereocenters. The van der Waals surface area contributed by atoms with Gasteiger partial charge in [-0.1, -0.05) is 18.8 Å². The number of thiophene rings is 1. The first-order valence-electron chi connectivity index (χ1n) is 6.78. The van der Waals surface area contributed by atoms with E-state index in [4.69, 9.17) is 5.11 Å². The van der Waals surface area contributed by atoms with E-state index in [0.29, 0.717) is 12.3 Å². The van der Waals surface area contributed by atoms with Gasteiger partial charge in [0.2, 0.25) is 0 Å². The second-order valence-corrected chi connectivity index (χ2v) is 9.27. The Morgan fingerprint density at radius 3 is 3.05 bits per heavy atom. The molecule has 4 nitrogen and oxygen atoms in total. The highest BCUT2D eigenvalue weighted by atomic mass is 32.2. The minimum atomic E-state index is -3.07. The van der Waals surface area contributed by atoms with E-state index in [0.717, 1.165) is 22.7 Å². The molecule has 21 heavy (non-hydrogen) atoms. The molecule has 2 rings (SSSR count). The van der Waals surface area contributed by atoms with Crippen LogP contribution in [0.2, 0.25) is 0 Å². The van der Waals surface area contributed by atoms with Crippen LogP contribution in [0.25, 0.3) is 0 Å². The van der Waals surface area contributed by atoms with Gasteiger partial charge in [0, 0.05) is 40.8 Å². The number of thioether (sulfide) groups is 1. The summed E-state index contributed by atoms with van der Waals surface area (Å²) in [6.45, 7) is 2.93. The standard InChI is InChI=1S/C14H19NO3S3/c1-2-21(17,18)14-11-19-9-6-15(14)10-13-12(4-3-7-16)5-8-20-13/h5,8,14,16H,2,6-7,9-11H2,1H3. The van der Waals surface area contributed by atoms with E-state index < -0.39 is 15.2 Å². The molecule has 0 aliphatic carbocycles. The third-order valence-corrected chi connectivity index (χ3v) is 7.64. The molecule has 1 fully saturated rings. The van der Waals surface area contributed by atoms with Crippen LogP contribution in [0.1, 0.15) is 17.4 Å². The minimum absolute atomic E-state index is 0.164. The van der Waals surface area contributed by atoms with Crippen LogP contribution in [0.15, 0.2) is 11.4 Å². The number of aliphatic hydroxyl groups excluding tert-OH is 1. The third-order valence-electron chi connectivity index (χ3n) is 3.40. The number of hydrogen-bond donors (Lipinski definition) is 1. The zero-order valence-electron chi connectivity index (χ0n) is 11.9. The summed E-state index contributed by atoms with van der Waals surface area (Å²) in [5.41, 5.74) is 0.889. The van der Waals surface area contributed by atoms with Crippen molar-refractivity contribution in [2.24, 2.45) is 0 Å². The summed E-state index contributed by atoms with van der Waals surface area (Å²) in [7, 11) is -3.07. The normalized spacial score (nSPS) is 20.0. The molecule has 7 heteroatoms. The number of hydrogen-bond acceptors (Lipinski definition) is 6. The average molecular weight is 346 g/mol. The molecule has 1 aliphatic heterocycles. The lowest BCUT2D eigenvalue weighted by atomic mass is 10.2. The SMILES string of the molecule is CCS(=O)(=O)C1CSCCN1Cc1sccc1C#CCO. The van der Waals surface area contributed by atoms with Gasteiger partial charge in [-0.3, -0.25) is 4.90 Å². The van der Waals surface area contributed by atoms with Crippen LogP contribution >= 0.6 is 23.1 Å². The maximum Gasteiger partial charge on any atom is 0.166 e. The number of rotatable bonds is 4. The van der Waals surface area contributed by atoms with Gasteiger partial charge >= 0.3 is 0 Å². The lowest BCUT2D eigenvalue weighted by Gasteiger charge is -2.34. The molecule has 0 spiro atoms. The van der Waals surface area contributed by atoms with Crippen LogP contribution in [0.5, 0.6) is 0 Å². The molecule has 1 N–H and O–H groups in total. The van der Waals surface area contributed by atoms with E-state index in [-0.39, 0.29) is 12.4 Å². The van der Waals surface area contributed by atoms with Gasteiger partial charge in [0.05, 0.1) is 0 Å². The van der Waals surface area contributed by atoms with Gasteiger partial charge in [-0.25, -0.2) is 8.42 Å². The Morgan fingerprint density at radius 2 is 2.33 bits per heavy atom. The maximum atomic E-state index is 12.2. The first-order valence-corrected chi connectivity index (χ1v) is 10.5. The third kappa shape index (κ3) is 4.24. The summed E-state index contributed by atoms with van der Waals surface area (Å²) < 4.78 is 24.5. The molecule has 1 aromatic rings. The highest BCUT2D eigenvalue weighted by molar-refractivity contribution is 8.01. The Balaban J connectivity index is 2.19. The van der Waals surface area contributed by atoms with Gasteiger partial charge in [-0.15, -0.1) is 11.3 Å². The molecular formula is C14H19NO3S3. The summed E-state index contributed by atoms with van der Waals surface area (Å²) >= 11 is 3.29. The number of sulfone groups is 1. The molecule has 0 radical (unpaired) electrons. The van der Waals surface area contributed by atoms with Crippen LogP contribution in [-0.2, 0) is 16.4 Å². The number of aliphatic hydroxyl groups is 1. The van der Waals surface area contributed by atoms with Crippen LogP contribution in [0, 0.1) is 11.8 Å². The van der Waals surface area contributed by atoms with Crippen molar-refractivity contribution in [3.63, 3.8) is 0 Å². The summed E-state index contributed by atoms with van der Waals surface area (Å²) in [5, 5.41) is 10.4. The van der Waals surface area contributed by atoms with Crippen molar-refractivity contribution in [2.45, 2.75) is 18.8 Å². The first kappa shape index (κ1) is 16.8. The fourth-order valence-corrected chi connectivity index (χ4v) is 6.15. The smallest absolute Gasteiger partial charge is 0.166 e. The second-order valence-electron chi connectivity index (χ2n) is 4.67. The zero-order chi connectivity index (χ0) is 15.3. The van der Waals surface area contributed by atoms with E-state index in [2.05, 4.69) is 11.8 Å². The van der Waals surface area contributed by atoms with E-state index >= 15 is 0 Å². The molecular weight excluding hydrogens is 326 g/mol.